The van der Waals surface area contributed by atoms with E-state index in [4.69, 9.17) is 9.26 Å². The molecule has 0 bridgehead atoms. The molecule has 0 atom stereocenters. The molecule has 7 heteroatoms. The second-order valence-electron chi connectivity index (χ2n) is 5.02. The summed E-state index contributed by atoms with van der Waals surface area (Å²) in [5.41, 5.74) is -0.522. The molecule has 1 N–H and O–H groups in total. The lowest BCUT2D eigenvalue weighted by Crippen LogP contribution is -2.28. The monoisotopic (exact) mass is 269 g/mol. The molecule has 7 nitrogen and oxygen atoms in total. The molecule has 0 aliphatic heterocycles. The van der Waals surface area contributed by atoms with Gasteiger partial charge in [0.25, 0.3) is 0 Å². The van der Waals surface area contributed by atoms with Gasteiger partial charge in [0.2, 0.25) is 11.8 Å². The van der Waals surface area contributed by atoms with Crippen molar-refractivity contribution in [2.24, 2.45) is 0 Å². The van der Waals surface area contributed by atoms with Crippen LogP contribution in [0.15, 0.2) is 10.9 Å². The van der Waals surface area contributed by atoms with E-state index in [1.807, 2.05) is 0 Å². The van der Waals surface area contributed by atoms with Gasteiger partial charge in [-0.1, -0.05) is 5.16 Å². The van der Waals surface area contributed by atoms with Gasteiger partial charge in [0.1, 0.15) is 5.60 Å². The lowest BCUT2D eigenvalue weighted by atomic mass is 10.2. The lowest BCUT2D eigenvalue weighted by molar-refractivity contribution is -0.155. The fourth-order valence-corrected chi connectivity index (χ4v) is 1.31. The number of hydrogen-bond acceptors (Lipinski definition) is 6. The van der Waals surface area contributed by atoms with Gasteiger partial charge in [-0.3, -0.25) is 9.59 Å². The van der Waals surface area contributed by atoms with Crippen LogP contribution in [0.3, 0.4) is 0 Å². The molecule has 0 spiro atoms. The zero-order chi connectivity index (χ0) is 14.3. The number of nitrogens with zero attached hydrogens (tertiary/aromatic N) is 2. The summed E-state index contributed by atoms with van der Waals surface area (Å²) >= 11 is 0. The van der Waals surface area contributed by atoms with Gasteiger partial charge in [-0.2, -0.15) is 4.98 Å². The van der Waals surface area contributed by atoms with E-state index in [9.17, 15) is 9.59 Å². The molecular weight excluding hydrogens is 250 g/mol. The molecule has 0 aliphatic rings. The third kappa shape index (κ3) is 7.17. The van der Waals surface area contributed by atoms with Gasteiger partial charge < -0.3 is 14.6 Å². The average Bonchev–Trinajstić information content (AvgIpc) is 2.77. The van der Waals surface area contributed by atoms with Crippen molar-refractivity contribution in [1.82, 2.24) is 15.5 Å². The molecule has 0 aliphatic carbocycles. The summed E-state index contributed by atoms with van der Waals surface area (Å²) in [6.07, 6.45) is 1.96. The zero-order valence-electron chi connectivity index (χ0n) is 11.4. The lowest BCUT2D eigenvalue weighted by Gasteiger charge is -2.19. The highest BCUT2D eigenvalue weighted by Crippen LogP contribution is 2.08. The van der Waals surface area contributed by atoms with Crippen LogP contribution >= 0.6 is 0 Å². The second-order valence-corrected chi connectivity index (χ2v) is 5.02. The minimum absolute atomic E-state index is 0.0731. The molecule has 106 valence electrons. The average molecular weight is 269 g/mol. The van der Waals surface area contributed by atoms with Crippen LogP contribution < -0.4 is 5.32 Å². The molecule has 0 radical (unpaired) electrons. The normalized spacial score (nSPS) is 11.1. The van der Waals surface area contributed by atoms with Crippen molar-refractivity contribution in [3.8, 4) is 0 Å². The van der Waals surface area contributed by atoms with E-state index in [2.05, 4.69) is 15.5 Å². The maximum atomic E-state index is 11.5. The highest BCUT2D eigenvalue weighted by Gasteiger charge is 2.16. The quantitative estimate of drug-likeness (QED) is 0.769. The molecule has 19 heavy (non-hydrogen) atoms. The number of carbonyl (C=O) groups excluding carboxylic acids is 2. The summed E-state index contributed by atoms with van der Waals surface area (Å²) in [5.74, 6) is -0.114. The molecule has 1 rings (SSSR count). The zero-order valence-corrected chi connectivity index (χ0v) is 11.4. The molecule has 0 saturated heterocycles. The minimum Gasteiger partial charge on any atom is -0.460 e. The molecule has 0 aromatic carbocycles. The molecule has 0 saturated carbocycles. The number of amides is 1. The van der Waals surface area contributed by atoms with Crippen LogP contribution in [0.25, 0.3) is 0 Å². The number of nitrogens with one attached hydrogen (secondary N) is 1. The van der Waals surface area contributed by atoms with Crippen molar-refractivity contribution >= 4 is 11.9 Å². The van der Waals surface area contributed by atoms with Crippen LogP contribution in [0.5, 0.6) is 0 Å². The number of aromatic nitrogens is 2. The Balaban J connectivity index is 2.12. The fraction of sp³-hybridized carbons (Fsp3) is 0.667. The molecule has 0 fully saturated rings. The molecule has 0 unspecified atom stereocenters. The molecule has 1 heterocycles. The van der Waals surface area contributed by atoms with Crippen LogP contribution in [0.4, 0.5) is 0 Å². The highest BCUT2D eigenvalue weighted by atomic mass is 16.6. The smallest absolute Gasteiger partial charge is 0.306 e. The molecular formula is C12H19N3O4. The number of hydrogen-bond donors (Lipinski definition) is 1. The first-order valence-corrected chi connectivity index (χ1v) is 6.11. The van der Waals surface area contributed by atoms with Crippen molar-refractivity contribution in [3.63, 3.8) is 0 Å². The van der Waals surface area contributed by atoms with Crippen LogP contribution in [0.1, 0.15) is 39.5 Å². The highest BCUT2D eigenvalue weighted by molar-refractivity contribution is 5.81. The van der Waals surface area contributed by atoms with Crippen molar-refractivity contribution in [3.05, 3.63) is 12.2 Å². The molecule has 1 aromatic rings. The van der Waals surface area contributed by atoms with E-state index in [1.54, 1.807) is 20.8 Å². The third-order valence-electron chi connectivity index (χ3n) is 2.04. The Morgan fingerprint density at radius 3 is 2.68 bits per heavy atom. The van der Waals surface area contributed by atoms with Crippen LogP contribution in [-0.2, 0) is 20.7 Å². The fourth-order valence-electron chi connectivity index (χ4n) is 1.31. The first-order valence-electron chi connectivity index (χ1n) is 6.11. The minimum atomic E-state index is -0.522. The number of esters is 1. The Kier molecular flexibility index (Phi) is 5.47. The van der Waals surface area contributed by atoms with Crippen molar-refractivity contribution < 1.29 is 18.8 Å². The van der Waals surface area contributed by atoms with Gasteiger partial charge in [-0.05, 0) is 20.8 Å². The first-order chi connectivity index (χ1) is 8.87. The van der Waals surface area contributed by atoms with Crippen molar-refractivity contribution in [2.75, 3.05) is 6.54 Å². The van der Waals surface area contributed by atoms with Crippen LogP contribution in [0.2, 0.25) is 0 Å². The summed E-state index contributed by atoms with van der Waals surface area (Å²) in [6, 6.07) is 0. The predicted molar refractivity (Wildman–Crippen MR) is 66.1 cm³/mol. The largest absolute Gasteiger partial charge is 0.460 e. The van der Waals surface area contributed by atoms with E-state index < -0.39 is 5.60 Å². The van der Waals surface area contributed by atoms with E-state index in [1.165, 1.54) is 6.33 Å². The predicted octanol–water partition coefficient (Wildman–Crippen LogP) is 0.850. The topological polar surface area (TPSA) is 94.3 Å². The number of rotatable bonds is 6. The first kappa shape index (κ1) is 15.1. The van der Waals surface area contributed by atoms with Gasteiger partial charge in [0.15, 0.2) is 6.33 Å². The van der Waals surface area contributed by atoms with Crippen LogP contribution in [-0.4, -0.2) is 34.2 Å². The van der Waals surface area contributed by atoms with Gasteiger partial charge in [-0.25, -0.2) is 0 Å². The molecule has 1 amide bonds. The van der Waals surface area contributed by atoms with Crippen molar-refractivity contribution in [2.45, 2.75) is 45.6 Å². The van der Waals surface area contributed by atoms with E-state index in [-0.39, 0.29) is 24.7 Å². The Hall–Kier alpha value is -1.92. The number of ether oxygens (including phenoxy) is 1. The standard InChI is InChI=1S/C12H19N3O4/c1-12(2,3)18-11(17)5-4-9(16)13-7-6-10-14-8-15-19-10/h8H,4-7H2,1-3H3,(H,13,16). The SMILES string of the molecule is CC(C)(C)OC(=O)CCC(=O)NCCc1ncno1. The summed E-state index contributed by atoms with van der Waals surface area (Å²) in [7, 11) is 0. The molecule has 1 aromatic heterocycles. The van der Waals surface area contributed by atoms with Gasteiger partial charge in [0.05, 0.1) is 6.42 Å². The Bertz CT molecular complexity index is 409. The second kappa shape index (κ2) is 6.86. The third-order valence-corrected chi connectivity index (χ3v) is 2.04. The van der Waals surface area contributed by atoms with Crippen molar-refractivity contribution in [1.29, 1.82) is 0 Å². The van der Waals surface area contributed by atoms with E-state index in [0.29, 0.717) is 18.9 Å². The summed E-state index contributed by atoms with van der Waals surface area (Å²) in [6.45, 7) is 5.76. The maximum absolute atomic E-state index is 11.5. The Morgan fingerprint density at radius 2 is 2.11 bits per heavy atom. The summed E-state index contributed by atoms with van der Waals surface area (Å²) in [4.78, 5) is 26.7. The van der Waals surface area contributed by atoms with E-state index >= 15 is 0 Å². The Morgan fingerprint density at radius 1 is 1.37 bits per heavy atom. The maximum Gasteiger partial charge on any atom is 0.306 e. The Labute approximate surface area is 111 Å². The van der Waals surface area contributed by atoms with Gasteiger partial charge in [0, 0.05) is 19.4 Å². The van der Waals surface area contributed by atoms with Crippen LogP contribution in [0, 0.1) is 0 Å². The summed E-state index contributed by atoms with van der Waals surface area (Å²) < 4.78 is 9.88. The number of carbonyl (C=O) groups is 2. The van der Waals surface area contributed by atoms with E-state index in [0.717, 1.165) is 0 Å². The summed E-state index contributed by atoms with van der Waals surface area (Å²) in [5, 5.41) is 6.12. The van der Waals surface area contributed by atoms with Gasteiger partial charge >= 0.3 is 5.97 Å². The van der Waals surface area contributed by atoms with Gasteiger partial charge in [-0.15, -0.1) is 0 Å².